The van der Waals surface area contributed by atoms with E-state index in [0.717, 1.165) is 11.4 Å². The maximum atomic E-state index is 13.2. The van der Waals surface area contributed by atoms with Gasteiger partial charge in [0.2, 0.25) is 5.91 Å². The highest BCUT2D eigenvalue weighted by atomic mass is 32.2. The second kappa shape index (κ2) is 10.5. The van der Waals surface area contributed by atoms with Crippen LogP contribution in [0.1, 0.15) is 5.69 Å². The van der Waals surface area contributed by atoms with Gasteiger partial charge in [-0.15, -0.1) is 0 Å². The number of aromatic amines is 1. The van der Waals surface area contributed by atoms with E-state index in [2.05, 4.69) is 9.97 Å². The average molecular weight is 444 g/mol. The van der Waals surface area contributed by atoms with Crippen molar-refractivity contribution < 1.29 is 9.53 Å². The van der Waals surface area contributed by atoms with E-state index in [1.54, 1.807) is 4.90 Å². The molecule has 4 aromatic rings. The van der Waals surface area contributed by atoms with E-state index in [1.807, 2.05) is 91.0 Å². The third kappa shape index (κ3) is 5.65. The minimum Gasteiger partial charge on any atom is -0.487 e. The number of H-pyrrole nitrogens is 1. The topological polar surface area (TPSA) is 75.3 Å². The first-order chi connectivity index (χ1) is 15.7. The van der Waals surface area contributed by atoms with Crippen molar-refractivity contribution >= 4 is 29.0 Å². The molecule has 6 nitrogen and oxygen atoms in total. The second-order valence-corrected chi connectivity index (χ2v) is 7.80. The number of aromatic nitrogens is 2. The molecule has 0 spiro atoms. The van der Waals surface area contributed by atoms with E-state index in [1.165, 1.54) is 17.8 Å². The van der Waals surface area contributed by atoms with Crippen LogP contribution in [0.2, 0.25) is 0 Å². The number of anilines is 2. The summed E-state index contributed by atoms with van der Waals surface area (Å²) in [6, 6.07) is 29.6. The molecule has 0 aliphatic rings. The zero-order valence-corrected chi connectivity index (χ0v) is 18.0. The van der Waals surface area contributed by atoms with Crippen molar-refractivity contribution in [2.75, 3.05) is 10.7 Å². The molecule has 0 atom stereocenters. The third-order valence-corrected chi connectivity index (χ3v) is 5.37. The van der Waals surface area contributed by atoms with Crippen LogP contribution in [0.3, 0.4) is 0 Å². The quantitative estimate of drug-likeness (QED) is 0.313. The van der Waals surface area contributed by atoms with Crippen molar-refractivity contribution in [3.05, 3.63) is 113 Å². The first kappa shape index (κ1) is 21.4. The lowest BCUT2D eigenvalue weighted by atomic mass is 10.2. The Morgan fingerprint density at radius 1 is 0.875 bits per heavy atom. The molecule has 160 valence electrons. The Morgan fingerprint density at radius 3 is 2.03 bits per heavy atom. The molecule has 1 heterocycles. The van der Waals surface area contributed by atoms with Crippen LogP contribution in [0.25, 0.3) is 0 Å². The number of hydrogen-bond donors (Lipinski definition) is 1. The molecule has 0 aliphatic carbocycles. The van der Waals surface area contributed by atoms with Gasteiger partial charge >= 0.3 is 0 Å². The number of amides is 1. The zero-order valence-electron chi connectivity index (χ0n) is 17.2. The Morgan fingerprint density at radius 2 is 1.44 bits per heavy atom. The summed E-state index contributed by atoms with van der Waals surface area (Å²) in [6.07, 6.45) is 0. The maximum Gasteiger partial charge on any atom is 0.251 e. The fourth-order valence-electron chi connectivity index (χ4n) is 3.09. The van der Waals surface area contributed by atoms with Gasteiger partial charge in [0.25, 0.3) is 5.56 Å². The lowest BCUT2D eigenvalue weighted by Crippen LogP contribution is -2.27. The number of hydrogen-bond acceptors (Lipinski definition) is 5. The van der Waals surface area contributed by atoms with Crippen LogP contribution >= 0.6 is 11.8 Å². The number of carbonyl (C=O) groups is 1. The van der Waals surface area contributed by atoms with Crippen LogP contribution in [0.5, 0.6) is 5.75 Å². The van der Waals surface area contributed by atoms with Crippen molar-refractivity contribution in [3.8, 4) is 5.75 Å². The monoisotopic (exact) mass is 443 g/mol. The van der Waals surface area contributed by atoms with Crippen molar-refractivity contribution in [2.45, 2.75) is 11.8 Å². The lowest BCUT2D eigenvalue weighted by molar-refractivity contribution is -0.115. The van der Waals surface area contributed by atoms with E-state index in [4.69, 9.17) is 4.74 Å². The SMILES string of the molecule is O=C(CSc1nc(COc2ccccc2)cc(=O)[nH]1)N(c1ccccc1)c1ccccc1. The largest absolute Gasteiger partial charge is 0.487 e. The molecule has 4 rings (SSSR count). The number of ether oxygens (including phenoxy) is 1. The van der Waals surface area contributed by atoms with Gasteiger partial charge in [0.1, 0.15) is 12.4 Å². The summed E-state index contributed by atoms with van der Waals surface area (Å²) < 4.78 is 5.68. The first-order valence-electron chi connectivity index (χ1n) is 10.0. The van der Waals surface area contributed by atoms with E-state index in [0.29, 0.717) is 16.6 Å². The molecule has 0 aliphatic heterocycles. The molecular weight excluding hydrogens is 422 g/mol. The summed E-state index contributed by atoms with van der Waals surface area (Å²) in [7, 11) is 0. The highest BCUT2D eigenvalue weighted by Gasteiger charge is 2.18. The Hall–Kier alpha value is -3.84. The number of thioether (sulfide) groups is 1. The molecular formula is C25H21N3O3S. The molecule has 1 aromatic heterocycles. The van der Waals surface area contributed by atoms with Gasteiger partial charge in [0, 0.05) is 17.4 Å². The van der Waals surface area contributed by atoms with Crippen LogP contribution in [-0.2, 0) is 11.4 Å². The van der Waals surface area contributed by atoms with Crippen LogP contribution in [-0.4, -0.2) is 21.6 Å². The minimum atomic E-state index is -0.287. The number of carbonyl (C=O) groups excluding carboxylic acids is 1. The van der Waals surface area contributed by atoms with E-state index < -0.39 is 0 Å². The van der Waals surface area contributed by atoms with Crippen LogP contribution in [0.4, 0.5) is 11.4 Å². The lowest BCUT2D eigenvalue weighted by Gasteiger charge is -2.22. The number of rotatable bonds is 8. The standard InChI is InChI=1S/C25H21N3O3S/c29-23-16-19(17-31-22-14-8-3-9-15-22)26-25(27-23)32-18-24(30)28(20-10-4-1-5-11-20)21-12-6-2-7-13-21/h1-16H,17-18H2,(H,26,27,29). The highest BCUT2D eigenvalue weighted by Crippen LogP contribution is 2.26. The van der Waals surface area contributed by atoms with Crippen molar-refractivity contribution in [1.82, 2.24) is 9.97 Å². The highest BCUT2D eigenvalue weighted by molar-refractivity contribution is 7.99. The summed E-state index contributed by atoms with van der Waals surface area (Å²) in [5.74, 6) is 0.678. The molecule has 1 amide bonds. The Bertz CT molecular complexity index is 1180. The molecule has 0 unspecified atom stereocenters. The van der Waals surface area contributed by atoms with Gasteiger partial charge in [0.15, 0.2) is 5.16 Å². The fraction of sp³-hybridized carbons (Fsp3) is 0.0800. The number of para-hydroxylation sites is 3. The van der Waals surface area contributed by atoms with Crippen molar-refractivity contribution in [1.29, 1.82) is 0 Å². The Kier molecular flexibility index (Phi) is 6.99. The smallest absolute Gasteiger partial charge is 0.251 e. The molecule has 0 bridgehead atoms. The first-order valence-corrected chi connectivity index (χ1v) is 11.0. The van der Waals surface area contributed by atoms with Crippen LogP contribution in [0, 0.1) is 0 Å². The predicted octanol–water partition coefficient (Wildman–Crippen LogP) is 4.81. The van der Waals surface area contributed by atoms with E-state index >= 15 is 0 Å². The summed E-state index contributed by atoms with van der Waals surface area (Å²) in [5.41, 5.74) is 1.76. The van der Waals surface area contributed by atoms with Gasteiger partial charge in [-0.2, -0.15) is 0 Å². The molecule has 32 heavy (non-hydrogen) atoms. The molecule has 3 aromatic carbocycles. The number of nitrogens with one attached hydrogen (secondary N) is 1. The fourth-order valence-corrected chi connectivity index (χ4v) is 3.83. The Balaban J connectivity index is 1.47. The second-order valence-electron chi connectivity index (χ2n) is 6.83. The molecule has 1 N–H and O–H groups in total. The van der Waals surface area contributed by atoms with E-state index in [9.17, 15) is 9.59 Å². The van der Waals surface area contributed by atoms with Crippen LogP contribution < -0.4 is 15.2 Å². The zero-order chi connectivity index (χ0) is 22.2. The van der Waals surface area contributed by atoms with Gasteiger partial charge in [-0.1, -0.05) is 66.4 Å². The molecule has 7 heteroatoms. The van der Waals surface area contributed by atoms with Gasteiger partial charge in [-0.3, -0.25) is 14.5 Å². The summed E-state index contributed by atoms with van der Waals surface area (Å²) >= 11 is 1.18. The summed E-state index contributed by atoms with van der Waals surface area (Å²) in [6.45, 7) is 0.162. The van der Waals surface area contributed by atoms with E-state index in [-0.39, 0.29) is 23.8 Å². The van der Waals surface area contributed by atoms with Crippen LogP contribution in [0.15, 0.2) is 107 Å². The van der Waals surface area contributed by atoms with Crippen molar-refractivity contribution in [3.63, 3.8) is 0 Å². The van der Waals surface area contributed by atoms with Gasteiger partial charge in [-0.25, -0.2) is 4.98 Å². The molecule has 0 saturated carbocycles. The average Bonchev–Trinajstić information content (AvgIpc) is 2.83. The Labute approximate surface area is 189 Å². The summed E-state index contributed by atoms with van der Waals surface area (Å²) in [4.78, 5) is 34.0. The van der Waals surface area contributed by atoms with Crippen molar-refractivity contribution in [2.24, 2.45) is 0 Å². The third-order valence-electron chi connectivity index (χ3n) is 4.51. The molecule has 0 saturated heterocycles. The molecule has 0 radical (unpaired) electrons. The number of nitrogens with zero attached hydrogens (tertiary/aromatic N) is 2. The number of benzene rings is 3. The maximum absolute atomic E-state index is 13.2. The van der Waals surface area contributed by atoms with Gasteiger partial charge in [-0.05, 0) is 36.4 Å². The molecule has 0 fully saturated rings. The summed E-state index contributed by atoms with van der Waals surface area (Å²) in [5, 5.41) is 0.374. The van der Waals surface area contributed by atoms with Gasteiger partial charge < -0.3 is 9.72 Å². The normalized spacial score (nSPS) is 10.5. The van der Waals surface area contributed by atoms with Gasteiger partial charge in [0.05, 0.1) is 11.4 Å². The minimum absolute atomic E-state index is 0.107. The predicted molar refractivity (Wildman–Crippen MR) is 126 cm³/mol.